The number of aromatic nitrogens is 1. The molecule has 0 aliphatic rings. The second kappa shape index (κ2) is 5.88. The Morgan fingerprint density at radius 3 is 2.86 bits per heavy atom. The molecule has 0 radical (unpaired) electrons. The molecule has 3 aromatic rings. The van der Waals surface area contributed by atoms with Gasteiger partial charge in [0, 0.05) is 22.3 Å². The Balaban J connectivity index is 1.73. The molecule has 1 aromatic carbocycles. The van der Waals surface area contributed by atoms with Crippen molar-refractivity contribution < 1.29 is 9.21 Å². The molecule has 6 heteroatoms. The van der Waals surface area contributed by atoms with Gasteiger partial charge < -0.3 is 4.42 Å². The average Bonchev–Trinajstić information content (AvgIpc) is 2.91. The first-order valence-corrected chi connectivity index (χ1v) is 6.94. The molecule has 0 aliphatic heterocycles. The molecule has 104 valence electrons. The number of halogens is 1. The standard InChI is InChI=1S/C15H10BrN3O2/c16-12-1-2-13-11(7-12)8-14(21-13)15(20)19-18-9-10-3-5-17-6-4-10/h1-9H,(H,19,20)/b18-9-. The van der Waals surface area contributed by atoms with Gasteiger partial charge >= 0.3 is 5.91 Å². The summed E-state index contributed by atoms with van der Waals surface area (Å²) in [4.78, 5) is 15.8. The van der Waals surface area contributed by atoms with E-state index in [1.54, 1.807) is 42.9 Å². The minimum absolute atomic E-state index is 0.218. The number of amides is 1. The number of fused-ring (bicyclic) bond motifs is 1. The summed E-state index contributed by atoms with van der Waals surface area (Å²) in [6.45, 7) is 0. The predicted molar refractivity (Wildman–Crippen MR) is 83.2 cm³/mol. The van der Waals surface area contributed by atoms with E-state index < -0.39 is 5.91 Å². The highest BCUT2D eigenvalue weighted by Crippen LogP contribution is 2.23. The fourth-order valence-corrected chi connectivity index (χ4v) is 2.17. The Bertz CT molecular complexity index is 812. The maximum absolute atomic E-state index is 11.9. The highest BCUT2D eigenvalue weighted by atomic mass is 79.9. The van der Waals surface area contributed by atoms with Gasteiger partial charge in [0.2, 0.25) is 0 Å². The van der Waals surface area contributed by atoms with Crippen LogP contribution in [0.4, 0.5) is 0 Å². The molecule has 2 heterocycles. The van der Waals surface area contributed by atoms with Crippen LogP contribution >= 0.6 is 15.9 Å². The van der Waals surface area contributed by atoms with E-state index in [1.165, 1.54) is 0 Å². The summed E-state index contributed by atoms with van der Waals surface area (Å²) in [5.41, 5.74) is 3.93. The van der Waals surface area contributed by atoms with Crippen molar-refractivity contribution in [2.24, 2.45) is 5.10 Å². The Kier molecular flexibility index (Phi) is 3.79. The van der Waals surface area contributed by atoms with E-state index in [1.807, 2.05) is 12.1 Å². The minimum Gasteiger partial charge on any atom is -0.451 e. The van der Waals surface area contributed by atoms with Crippen LogP contribution in [0.15, 0.2) is 62.8 Å². The molecule has 0 atom stereocenters. The van der Waals surface area contributed by atoms with Crippen LogP contribution in [0, 0.1) is 0 Å². The van der Waals surface area contributed by atoms with Crippen molar-refractivity contribution in [2.45, 2.75) is 0 Å². The van der Waals surface area contributed by atoms with Crippen molar-refractivity contribution in [2.75, 3.05) is 0 Å². The molecule has 2 aromatic heterocycles. The van der Waals surface area contributed by atoms with Crippen LogP contribution in [-0.4, -0.2) is 17.1 Å². The molecular formula is C15H10BrN3O2. The monoisotopic (exact) mass is 343 g/mol. The fourth-order valence-electron chi connectivity index (χ4n) is 1.80. The van der Waals surface area contributed by atoms with Gasteiger partial charge in [-0.15, -0.1) is 0 Å². The number of hydrogen-bond donors (Lipinski definition) is 1. The first-order chi connectivity index (χ1) is 10.2. The second-order valence-electron chi connectivity index (χ2n) is 4.27. The molecule has 1 N–H and O–H groups in total. The Labute approximate surface area is 128 Å². The van der Waals surface area contributed by atoms with Gasteiger partial charge in [0.1, 0.15) is 5.58 Å². The van der Waals surface area contributed by atoms with Gasteiger partial charge in [0.05, 0.1) is 6.21 Å². The third-order valence-electron chi connectivity index (χ3n) is 2.79. The molecule has 0 saturated carbocycles. The number of furan rings is 1. The third-order valence-corrected chi connectivity index (χ3v) is 3.28. The number of hydrazone groups is 1. The number of carbonyl (C=O) groups excluding carboxylic acids is 1. The van der Waals surface area contributed by atoms with Gasteiger partial charge in [0.25, 0.3) is 0 Å². The molecule has 0 spiro atoms. The van der Waals surface area contributed by atoms with Gasteiger partial charge in [-0.1, -0.05) is 15.9 Å². The van der Waals surface area contributed by atoms with Crippen molar-refractivity contribution in [3.8, 4) is 0 Å². The van der Waals surface area contributed by atoms with Gasteiger partial charge in [-0.3, -0.25) is 9.78 Å². The summed E-state index contributed by atoms with van der Waals surface area (Å²) < 4.78 is 6.40. The first-order valence-electron chi connectivity index (χ1n) is 6.15. The van der Waals surface area contributed by atoms with Gasteiger partial charge in [-0.2, -0.15) is 5.10 Å². The lowest BCUT2D eigenvalue weighted by atomic mass is 10.2. The lowest BCUT2D eigenvalue weighted by Crippen LogP contribution is -2.16. The molecule has 5 nitrogen and oxygen atoms in total. The van der Waals surface area contributed by atoms with E-state index in [9.17, 15) is 4.79 Å². The zero-order valence-corrected chi connectivity index (χ0v) is 12.4. The molecule has 21 heavy (non-hydrogen) atoms. The van der Waals surface area contributed by atoms with E-state index in [0.717, 1.165) is 15.4 Å². The Morgan fingerprint density at radius 2 is 2.05 bits per heavy atom. The van der Waals surface area contributed by atoms with Crippen molar-refractivity contribution >= 4 is 39.0 Å². The van der Waals surface area contributed by atoms with Gasteiger partial charge in [-0.25, -0.2) is 5.43 Å². The SMILES string of the molecule is O=C(N/N=C\c1ccncc1)c1cc2cc(Br)ccc2o1. The molecule has 0 aliphatic carbocycles. The largest absolute Gasteiger partial charge is 0.451 e. The maximum Gasteiger partial charge on any atom is 0.307 e. The topological polar surface area (TPSA) is 67.5 Å². The highest BCUT2D eigenvalue weighted by molar-refractivity contribution is 9.10. The number of pyridine rings is 1. The normalized spacial score (nSPS) is 11.1. The number of benzene rings is 1. The number of hydrogen-bond acceptors (Lipinski definition) is 4. The Morgan fingerprint density at radius 1 is 1.24 bits per heavy atom. The van der Waals surface area contributed by atoms with Crippen LogP contribution in [-0.2, 0) is 0 Å². The second-order valence-corrected chi connectivity index (χ2v) is 5.19. The van der Waals surface area contributed by atoms with Crippen LogP contribution in [0.2, 0.25) is 0 Å². The molecule has 0 bridgehead atoms. The number of carbonyl (C=O) groups is 1. The quantitative estimate of drug-likeness (QED) is 0.585. The Hall–Kier alpha value is -2.47. The number of nitrogens with one attached hydrogen (secondary N) is 1. The lowest BCUT2D eigenvalue weighted by molar-refractivity contribution is 0.0929. The van der Waals surface area contributed by atoms with Crippen LogP contribution < -0.4 is 5.43 Å². The van der Waals surface area contributed by atoms with Crippen LogP contribution in [0.5, 0.6) is 0 Å². The summed E-state index contributed by atoms with van der Waals surface area (Å²) in [7, 11) is 0. The first kappa shape index (κ1) is 13.5. The van der Waals surface area contributed by atoms with Crippen molar-refractivity contribution in [3.05, 3.63) is 64.6 Å². The maximum atomic E-state index is 11.9. The van der Waals surface area contributed by atoms with Crippen molar-refractivity contribution in [1.29, 1.82) is 0 Å². The summed E-state index contributed by atoms with van der Waals surface area (Å²) in [6, 6.07) is 10.8. The molecular weight excluding hydrogens is 334 g/mol. The predicted octanol–water partition coefficient (Wildman–Crippen LogP) is 3.35. The van der Waals surface area contributed by atoms with Gasteiger partial charge in [-0.05, 0) is 42.0 Å². The lowest BCUT2D eigenvalue weighted by Gasteiger charge is -1.95. The molecule has 0 fully saturated rings. The summed E-state index contributed by atoms with van der Waals surface area (Å²) >= 11 is 3.38. The van der Waals surface area contributed by atoms with Crippen LogP contribution in [0.1, 0.15) is 16.1 Å². The highest BCUT2D eigenvalue weighted by Gasteiger charge is 2.11. The number of rotatable bonds is 3. The summed E-state index contributed by atoms with van der Waals surface area (Å²) in [5, 5.41) is 4.74. The third kappa shape index (κ3) is 3.17. The van der Waals surface area contributed by atoms with E-state index in [0.29, 0.717) is 5.58 Å². The zero-order valence-electron chi connectivity index (χ0n) is 10.8. The van der Waals surface area contributed by atoms with E-state index in [4.69, 9.17) is 4.42 Å². The molecule has 0 saturated heterocycles. The van der Waals surface area contributed by atoms with Crippen LogP contribution in [0.25, 0.3) is 11.0 Å². The zero-order chi connectivity index (χ0) is 14.7. The van der Waals surface area contributed by atoms with Crippen molar-refractivity contribution in [3.63, 3.8) is 0 Å². The van der Waals surface area contributed by atoms with Gasteiger partial charge in [0.15, 0.2) is 5.76 Å². The fraction of sp³-hybridized carbons (Fsp3) is 0. The minimum atomic E-state index is -0.396. The molecule has 3 rings (SSSR count). The molecule has 0 unspecified atom stereocenters. The summed E-state index contributed by atoms with van der Waals surface area (Å²) in [5.74, 6) is -0.178. The number of nitrogens with zero attached hydrogens (tertiary/aromatic N) is 2. The average molecular weight is 344 g/mol. The van der Waals surface area contributed by atoms with E-state index >= 15 is 0 Å². The van der Waals surface area contributed by atoms with Crippen LogP contribution in [0.3, 0.4) is 0 Å². The summed E-state index contributed by atoms with van der Waals surface area (Å²) in [6.07, 6.45) is 4.85. The van der Waals surface area contributed by atoms with E-state index in [2.05, 4.69) is 31.4 Å². The van der Waals surface area contributed by atoms with E-state index in [-0.39, 0.29) is 5.76 Å². The van der Waals surface area contributed by atoms with Crippen molar-refractivity contribution in [1.82, 2.24) is 10.4 Å². The smallest absolute Gasteiger partial charge is 0.307 e. The molecule has 1 amide bonds.